The van der Waals surface area contributed by atoms with E-state index in [1.165, 1.54) is 77.0 Å². The minimum atomic E-state index is 0.0168. The van der Waals surface area contributed by atoms with Crippen LogP contribution in [0.25, 0.3) is 0 Å². The van der Waals surface area contributed by atoms with Crippen LogP contribution in [0.3, 0.4) is 0 Å². The number of amides is 2. The molecule has 0 saturated heterocycles. The fourth-order valence-corrected chi connectivity index (χ4v) is 5.72. The lowest BCUT2D eigenvalue weighted by Crippen LogP contribution is -2.37. The zero-order valence-corrected chi connectivity index (χ0v) is 28.4. The van der Waals surface area contributed by atoms with Crippen molar-refractivity contribution in [3.63, 3.8) is 0 Å². The van der Waals surface area contributed by atoms with Crippen LogP contribution in [0, 0.1) is 11.8 Å². The molecule has 0 spiro atoms. The minimum absolute atomic E-state index is 0.0168. The first-order chi connectivity index (χ1) is 20.0. The molecule has 4 nitrogen and oxygen atoms in total. The molecule has 4 heteroatoms. The topological polar surface area (TPSA) is 40.6 Å². The van der Waals surface area contributed by atoms with Gasteiger partial charge >= 0.3 is 0 Å². The summed E-state index contributed by atoms with van der Waals surface area (Å²) in [4.78, 5) is 30.7. The number of unbranched alkanes of at least 4 members (excludes halogenated alkanes) is 12. The van der Waals surface area contributed by atoms with E-state index in [9.17, 15) is 9.59 Å². The van der Waals surface area contributed by atoms with Crippen molar-refractivity contribution in [3.8, 4) is 0 Å². The van der Waals surface area contributed by atoms with Crippen LogP contribution in [-0.4, -0.2) is 47.8 Å². The lowest BCUT2D eigenvalue weighted by atomic mass is 9.90. The standard InChI is InChI=1S/C37H70N2O2/c1-7-13-15-17-19-21-23-25-27-30-34(36(40)38(9-3)10-4)32-29-33-35(37(41)39(11-5)12-6)31-28-26-24-22-20-18-16-14-8-2/h25-28,34-35H,7-24,29-33H2,1-6H3/b27-25-,28-26-. The summed E-state index contributed by atoms with van der Waals surface area (Å²) in [5, 5.41) is 0. The molecule has 0 saturated carbocycles. The van der Waals surface area contributed by atoms with Gasteiger partial charge in [0, 0.05) is 38.0 Å². The van der Waals surface area contributed by atoms with Crippen molar-refractivity contribution in [2.75, 3.05) is 26.2 Å². The Morgan fingerprint density at radius 2 is 0.805 bits per heavy atom. The molecule has 0 aliphatic rings. The number of rotatable bonds is 28. The largest absolute Gasteiger partial charge is 0.343 e. The molecule has 0 aromatic carbocycles. The fourth-order valence-electron chi connectivity index (χ4n) is 5.72. The molecule has 0 heterocycles. The van der Waals surface area contributed by atoms with Gasteiger partial charge in [0.1, 0.15) is 0 Å². The third kappa shape index (κ3) is 20.0. The zero-order chi connectivity index (χ0) is 30.6. The second kappa shape index (κ2) is 28.5. The molecule has 2 atom stereocenters. The molecule has 0 aromatic rings. The van der Waals surface area contributed by atoms with Crippen molar-refractivity contribution in [1.82, 2.24) is 9.80 Å². The molecule has 2 unspecified atom stereocenters. The number of allylic oxidation sites excluding steroid dienone is 4. The van der Waals surface area contributed by atoms with Crippen molar-refractivity contribution >= 4 is 11.8 Å². The van der Waals surface area contributed by atoms with Crippen LogP contribution in [0.4, 0.5) is 0 Å². The summed E-state index contributed by atoms with van der Waals surface area (Å²) in [6.45, 7) is 15.9. The maximum Gasteiger partial charge on any atom is 0.225 e. The molecule has 0 bridgehead atoms. The Balaban J connectivity index is 5.00. The number of nitrogens with zero attached hydrogens (tertiary/aromatic N) is 2. The monoisotopic (exact) mass is 575 g/mol. The van der Waals surface area contributed by atoms with Gasteiger partial charge in [-0.2, -0.15) is 0 Å². The SMILES string of the molecule is CCCCCCCC/C=C\CC(CCCC(C/C=C\CCCCCCCC)C(=O)N(CC)CC)C(=O)N(CC)CC. The summed E-state index contributed by atoms with van der Waals surface area (Å²) >= 11 is 0. The second-order valence-electron chi connectivity index (χ2n) is 11.9. The fraction of sp³-hybridized carbons (Fsp3) is 0.838. The Bertz CT molecular complexity index is 608. The molecule has 41 heavy (non-hydrogen) atoms. The normalized spacial score (nSPS) is 13.2. The zero-order valence-electron chi connectivity index (χ0n) is 28.4. The highest BCUT2D eigenvalue weighted by Gasteiger charge is 2.25. The maximum atomic E-state index is 13.3. The van der Waals surface area contributed by atoms with Crippen molar-refractivity contribution in [3.05, 3.63) is 24.3 Å². The van der Waals surface area contributed by atoms with Gasteiger partial charge in [-0.25, -0.2) is 0 Å². The third-order valence-electron chi connectivity index (χ3n) is 8.58. The van der Waals surface area contributed by atoms with Gasteiger partial charge < -0.3 is 9.80 Å². The lowest BCUT2D eigenvalue weighted by Gasteiger charge is -2.26. The van der Waals surface area contributed by atoms with Crippen molar-refractivity contribution < 1.29 is 9.59 Å². The van der Waals surface area contributed by atoms with Crippen molar-refractivity contribution in [1.29, 1.82) is 0 Å². The second-order valence-corrected chi connectivity index (χ2v) is 11.9. The average molecular weight is 575 g/mol. The molecule has 0 rings (SSSR count). The van der Waals surface area contributed by atoms with Crippen LogP contribution in [-0.2, 0) is 9.59 Å². The van der Waals surface area contributed by atoms with E-state index in [1.807, 2.05) is 9.80 Å². The first-order valence-electron chi connectivity index (χ1n) is 17.9. The van der Waals surface area contributed by atoms with Gasteiger partial charge in [0.05, 0.1) is 0 Å². The number of hydrogen-bond donors (Lipinski definition) is 0. The van der Waals surface area contributed by atoms with Crippen LogP contribution in [0.5, 0.6) is 0 Å². The first-order valence-corrected chi connectivity index (χ1v) is 17.9. The van der Waals surface area contributed by atoms with E-state index in [0.29, 0.717) is 0 Å². The maximum absolute atomic E-state index is 13.3. The summed E-state index contributed by atoms with van der Waals surface area (Å²) in [5.41, 5.74) is 0. The highest BCUT2D eigenvalue weighted by Crippen LogP contribution is 2.23. The average Bonchev–Trinajstić information content (AvgIpc) is 2.98. The molecule has 0 aliphatic carbocycles. The van der Waals surface area contributed by atoms with Crippen LogP contribution in [0.1, 0.15) is 164 Å². The molecule has 240 valence electrons. The summed E-state index contributed by atoms with van der Waals surface area (Å²) in [7, 11) is 0. The minimum Gasteiger partial charge on any atom is -0.343 e. The Labute approximate surface area is 256 Å². The van der Waals surface area contributed by atoms with Gasteiger partial charge in [-0.3, -0.25) is 9.59 Å². The Morgan fingerprint density at radius 1 is 0.463 bits per heavy atom. The summed E-state index contributed by atoms with van der Waals surface area (Å²) in [6.07, 6.45) is 31.4. The summed E-state index contributed by atoms with van der Waals surface area (Å²) in [6, 6.07) is 0. The highest BCUT2D eigenvalue weighted by atomic mass is 16.2. The number of carbonyl (C=O) groups excluding carboxylic acids is 2. The van der Waals surface area contributed by atoms with Crippen LogP contribution < -0.4 is 0 Å². The summed E-state index contributed by atoms with van der Waals surface area (Å²) in [5.74, 6) is 0.598. The van der Waals surface area contributed by atoms with Crippen molar-refractivity contribution in [2.24, 2.45) is 11.8 Å². The molecular weight excluding hydrogens is 504 g/mol. The van der Waals surface area contributed by atoms with E-state index in [2.05, 4.69) is 65.8 Å². The van der Waals surface area contributed by atoms with E-state index in [-0.39, 0.29) is 23.7 Å². The number of hydrogen-bond acceptors (Lipinski definition) is 2. The van der Waals surface area contributed by atoms with E-state index in [4.69, 9.17) is 0 Å². The number of carbonyl (C=O) groups is 2. The Kier molecular flexibility index (Phi) is 27.4. The third-order valence-corrected chi connectivity index (χ3v) is 8.58. The smallest absolute Gasteiger partial charge is 0.225 e. The van der Waals surface area contributed by atoms with Gasteiger partial charge in [0.15, 0.2) is 0 Å². The lowest BCUT2D eigenvalue weighted by molar-refractivity contribution is -0.135. The van der Waals surface area contributed by atoms with E-state index in [1.54, 1.807) is 0 Å². The Hall–Kier alpha value is -1.58. The van der Waals surface area contributed by atoms with Crippen LogP contribution in [0.15, 0.2) is 24.3 Å². The molecule has 0 fully saturated rings. The molecule has 0 aromatic heterocycles. The quantitative estimate of drug-likeness (QED) is 0.0689. The van der Waals surface area contributed by atoms with E-state index < -0.39 is 0 Å². The van der Waals surface area contributed by atoms with Gasteiger partial charge in [-0.05, 0) is 79.1 Å². The van der Waals surface area contributed by atoms with E-state index in [0.717, 1.165) is 71.1 Å². The van der Waals surface area contributed by atoms with Crippen LogP contribution in [0.2, 0.25) is 0 Å². The van der Waals surface area contributed by atoms with Gasteiger partial charge in [0.2, 0.25) is 11.8 Å². The predicted molar refractivity (Wildman–Crippen MR) is 180 cm³/mol. The highest BCUT2D eigenvalue weighted by molar-refractivity contribution is 5.79. The molecule has 0 N–H and O–H groups in total. The predicted octanol–water partition coefficient (Wildman–Crippen LogP) is 10.5. The van der Waals surface area contributed by atoms with Gasteiger partial charge in [-0.1, -0.05) is 109 Å². The van der Waals surface area contributed by atoms with Crippen molar-refractivity contribution in [2.45, 2.75) is 164 Å². The van der Waals surface area contributed by atoms with Gasteiger partial charge in [0.25, 0.3) is 0 Å². The first kappa shape index (κ1) is 39.4. The molecule has 0 aliphatic heterocycles. The van der Waals surface area contributed by atoms with Crippen LogP contribution >= 0.6 is 0 Å². The summed E-state index contributed by atoms with van der Waals surface area (Å²) < 4.78 is 0. The molecule has 2 amide bonds. The van der Waals surface area contributed by atoms with Gasteiger partial charge in [-0.15, -0.1) is 0 Å². The van der Waals surface area contributed by atoms with E-state index >= 15 is 0 Å². The molecule has 0 radical (unpaired) electrons. The molecular formula is C37H70N2O2. The Morgan fingerprint density at radius 3 is 1.15 bits per heavy atom.